The minimum Gasteiger partial charge on any atom is -0.493 e. The molecule has 1 fully saturated rings. The highest BCUT2D eigenvalue weighted by atomic mass is 16.5. The molecule has 9 nitrogen and oxygen atoms in total. The number of carbonyl (C=O) groups excluding carboxylic acids is 4. The van der Waals surface area contributed by atoms with Gasteiger partial charge in [0.05, 0.1) is 14.2 Å². The van der Waals surface area contributed by atoms with Gasteiger partial charge in [-0.3, -0.25) is 19.3 Å². The monoisotopic (exact) mass is 361 g/mol. The Morgan fingerprint density at radius 2 is 1.65 bits per heavy atom. The highest BCUT2D eigenvalue weighted by Gasteiger charge is 2.43. The summed E-state index contributed by atoms with van der Waals surface area (Å²) in [5.41, 5.74) is 1.96. The standard InChI is InChI=1S/C17H19N3O6/c1-18-15(22)16(23)20(17(18)24)9-14(21)19-5-4-10-6-12(25-2)13(26-3)7-11(10)8-19/h6-7H,4-5,8-9H2,1-3H3. The second kappa shape index (κ2) is 6.66. The van der Waals surface area contributed by atoms with Crippen LogP contribution in [-0.4, -0.2) is 72.8 Å². The van der Waals surface area contributed by atoms with Crippen LogP contribution >= 0.6 is 0 Å². The number of ether oxygens (including phenoxy) is 2. The van der Waals surface area contributed by atoms with Gasteiger partial charge < -0.3 is 14.4 Å². The Morgan fingerprint density at radius 1 is 1.04 bits per heavy atom. The van der Waals surface area contributed by atoms with Crippen molar-refractivity contribution in [2.24, 2.45) is 0 Å². The Bertz CT molecular complexity index is 806. The lowest BCUT2D eigenvalue weighted by atomic mass is 9.98. The molecule has 0 saturated carbocycles. The molecular formula is C17H19N3O6. The average molecular weight is 361 g/mol. The highest BCUT2D eigenvalue weighted by molar-refractivity contribution is 6.44. The maximum Gasteiger partial charge on any atom is 0.334 e. The van der Waals surface area contributed by atoms with E-state index in [-0.39, 0.29) is 0 Å². The summed E-state index contributed by atoms with van der Waals surface area (Å²) < 4.78 is 10.6. The molecule has 0 aromatic heterocycles. The average Bonchev–Trinajstić information content (AvgIpc) is 2.84. The van der Waals surface area contributed by atoms with Crippen molar-refractivity contribution in [1.82, 2.24) is 14.7 Å². The summed E-state index contributed by atoms with van der Waals surface area (Å²) in [7, 11) is 4.31. The van der Waals surface area contributed by atoms with Crippen molar-refractivity contribution in [3.05, 3.63) is 23.3 Å². The number of imide groups is 2. The number of hydrogen-bond acceptors (Lipinski definition) is 6. The third-order valence-electron chi connectivity index (χ3n) is 4.61. The van der Waals surface area contributed by atoms with E-state index in [4.69, 9.17) is 9.47 Å². The number of benzene rings is 1. The number of methoxy groups -OCH3 is 2. The van der Waals surface area contributed by atoms with Crippen LogP contribution < -0.4 is 9.47 Å². The number of carbonyl (C=O) groups is 4. The van der Waals surface area contributed by atoms with Crippen molar-refractivity contribution in [2.75, 3.05) is 34.4 Å². The van der Waals surface area contributed by atoms with E-state index in [1.54, 1.807) is 12.0 Å². The Labute approximate surface area is 150 Å². The molecule has 0 aliphatic carbocycles. The van der Waals surface area contributed by atoms with Crippen LogP contribution in [0.5, 0.6) is 11.5 Å². The van der Waals surface area contributed by atoms with E-state index >= 15 is 0 Å². The fraction of sp³-hybridized carbons (Fsp3) is 0.412. The van der Waals surface area contributed by atoms with Crippen molar-refractivity contribution in [1.29, 1.82) is 0 Å². The van der Waals surface area contributed by atoms with Crippen LogP contribution in [0.25, 0.3) is 0 Å². The summed E-state index contributed by atoms with van der Waals surface area (Å²) in [5.74, 6) is -1.10. The van der Waals surface area contributed by atoms with Crippen LogP contribution in [0.3, 0.4) is 0 Å². The third-order valence-corrected chi connectivity index (χ3v) is 4.61. The number of hydrogen-bond donors (Lipinski definition) is 0. The van der Waals surface area contributed by atoms with Crippen molar-refractivity contribution < 1.29 is 28.7 Å². The Morgan fingerprint density at radius 3 is 2.19 bits per heavy atom. The third kappa shape index (κ3) is 2.85. The number of likely N-dealkylation sites (N-methyl/N-ethyl adjacent to an activating group) is 1. The van der Waals surface area contributed by atoms with Crippen molar-refractivity contribution >= 4 is 23.8 Å². The molecular weight excluding hydrogens is 342 g/mol. The van der Waals surface area contributed by atoms with Gasteiger partial charge in [0.25, 0.3) is 0 Å². The first-order valence-electron chi connectivity index (χ1n) is 8.02. The summed E-state index contributed by atoms with van der Waals surface area (Å²) in [4.78, 5) is 50.7. The molecule has 0 unspecified atom stereocenters. The maximum atomic E-state index is 12.5. The second-order valence-corrected chi connectivity index (χ2v) is 6.08. The molecule has 2 heterocycles. The zero-order valence-corrected chi connectivity index (χ0v) is 14.8. The van der Waals surface area contributed by atoms with Gasteiger partial charge in [-0.05, 0) is 29.7 Å². The van der Waals surface area contributed by atoms with Crippen molar-refractivity contribution in [2.45, 2.75) is 13.0 Å². The van der Waals surface area contributed by atoms with Crippen LogP contribution in [-0.2, 0) is 27.3 Å². The van der Waals surface area contributed by atoms with E-state index in [1.165, 1.54) is 14.2 Å². The smallest absolute Gasteiger partial charge is 0.334 e. The zero-order valence-electron chi connectivity index (χ0n) is 14.8. The molecule has 1 aromatic carbocycles. The molecule has 0 N–H and O–H groups in total. The molecule has 26 heavy (non-hydrogen) atoms. The van der Waals surface area contributed by atoms with Gasteiger partial charge in [0.1, 0.15) is 6.54 Å². The minimum atomic E-state index is -0.977. The molecule has 0 bridgehead atoms. The molecule has 5 amide bonds. The first-order valence-corrected chi connectivity index (χ1v) is 8.02. The number of urea groups is 1. The van der Waals surface area contributed by atoms with E-state index in [0.29, 0.717) is 40.8 Å². The van der Waals surface area contributed by atoms with Gasteiger partial charge in [-0.1, -0.05) is 0 Å². The van der Waals surface area contributed by atoms with Crippen LogP contribution in [0.2, 0.25) is 0 Å². The lowest BCUT2D eigenvalue weighted by Crippen LogP contribution is -2.45. The van der Waals surface area contributed by atoms with Gasteiger partial charge in [-0.2, -0.15) is 0 Å². The molecule has 0 spiro atoms. The predicted octanol–water partition coefficient (Wildman–Crippen LogP) is 0.00910. The number of amides is 5. The molecule has 9 heteroatoms. The molecule has 2 aliphatic rings. The highest BCUT2D eigenvalue weighted by Crippen LogP contribution is 2.33. The van der Waals surface area contributed by atoms with Gasteiger partial charge in [-0.25, -0.2) is 9.69 Å². The molecule has 0 radical (unpaired) electrons. The molecule has 1 aromatic rings. The predicted molar refractivity (Wildman–Crippen MR) is 88.5 cm³/mol. The number of rotatable bonds is 4. The number of nitrogens with zero attached hydrogens (tertiary/aromatic N) is 3. The summed E-state index contributed by atoms with van der Waals surface area (Å²) in [6, 6.07) is 2.92. The van der Waals surface area contributed by atoms with Crippen molar-refractivity contribution in [3.63, 3.8) is 0 Å². The zero-order chi connectivity index (χ0) is 19.0. The van der Waals surface area contributed by atoms with Gasteiger partial charge in [-0.15, -0.1) is 0 Å². The summed E-state index contributed by atoms with van der Waals surface area (Å²) in [6.45, 7) is 0.326. The Balaban J connectivity index is 1.74. The van der Waals surface area contributed by atoms with E-state index in [0.717, 1.165) is 11.1 Å². The Hall–Kier alpha value is -3.10. The first-order chi connectivity index (χ1) is 12.4. The van der Waals surface area contributed by atoms with Crippen LogP contribution in [0.4, 0.5) is 4.79 Å². The topological polar surface area (TPSA) is 96.5 Å². The molecule has 2 aliphatic heterocycles. The SMILES string of the molecule is COc1cc2c(cc1OC)CN(C(=O)CN1C(=O)C(=O)N(C)C1=O)CC2. The van der Waals surface area contributed by atoms with Gasteiger partial charge in [0.15, 0.2) is 11.5 Å². The molecule has 138 valence electrons. The largest absolute Gasteiger partial charge is 0.493 e. The van der Waals surface area contributed by atoms with Gasteiger partial charge in [0.2, 0.25) is 5.91 Å². The first kappa shape index (κ1) is 17.7. The van der Waals surface area contributed by atoms with Gasteiger partial charge >= 0.3 is 17.8 Å². The number of fused-ring (bicyclic) bond motifs is 1. The van der Waals surface area contributed by atoms with E-state index in [2.05, 4.69) is 0 Å². The maximum absolute atomic E-state index is 12.5. The molecule has 0 atom stereocenters. The van der Waals surface area contributed by atoms with Crippen LogP contribution in [0, 0.1) is 0 Å². The summed E-state index contributed by atoms with van der Waals surface area (Å²) in [6.07, 6.45) is 0.613. The summed E-state index contributed by atoms with van der Waals surface area (Å²) in [5, 5.41) is 0. The molecule has 1 saturated heterocycles. The normalized spacial score (nSPS) is 16.9. The lowest BCUT2D eigenvalue weighted by molar-refractivity contribution is -0.144. The van der Waals surface area contributed by atoms with E-state index < -0.39 is 30.3 Å². The lowest BCUT2D eigenvalue weighted by Gasteiger charge is -2.30. The van der Waals surface area contributed by atoms with E-state index in [9.17, 15) is 19.2 Å². The van der Waals surface area contributed by atoms with Crippen LogP contribution in [0.1, 0.15) is 11.1 Å². The fourth-order valence-corrected chi connectivity index (χ4v) is 3.08. The fourth-order valence-electron chi connectivity index (χ4n) is 3.08. The van der Waals surface area contributed by atoms with Crippen molar-refractivity contribution in [3.8, 4) is 11.5 Å². The van der Waals surface area contributed by atoms with Crippen LogP contribution in [0.15, 0.2) is 12.1 Å². The minimum absolute atomic E-state index is 0.328. The van der Waals surface area contributed by atoms with E-state index in [1.807, 2.05) is 12.1 Å². The Kier molecular flexibility index (Phi) is 4.54. The van der Waals surface area contributed by atoms with Gasteiger partial charge in [0, 0.05) is 20.1 Å². The quantitative estimate of drug-likeness (QED) is 0.554. The second-order valence-electron chi connectivity index (χ2n) is 6.08. The summed E-state index contributed by atoms with van der Waals surface area (Å²) >= 11 is 0. The molecule has 3 rings (SSSR count).